The molecule has 0 N–H and O–H groups in total. The van der Waals surface area contributed by atoms with Gasteiger partial charge in [0.2, 0.25) is 0 Å². The smallest absolute Gasteiger partial charge is 0.261 e. The predicted octanol–water partition coefficient (Wildman–Crippen LogP) is 4.54. The molecule has 0 saturated carbocycles. The molecule has 0 unspecified atom stereocenters. The second-order valence-corrected chi connectivity index (χ2v) is 12.1. The third kappa shape index (κ3) is 4.34. The van der Waals surface area contributed by atoms with Gasteiger partial charge < -0.3 is 9.16 Å². The third-order valence-electron chi connectivity index (χ3n) is 4.92. The summed E-state index contributed by atoms with van der Waals surface area (Å²) in [4.78, 5) is 0. The summed E-state index contributed by atoms with van der Waals surface area (Å²) in [5.74, 6) is 0. The van der Waals surface area contributed by atoms with E-state index < -0.39 is 8.32 Å². The highest BCUT2D eigenvalue weighted by Crippen LogP contribution is 2.37. The van der Waals surface area contributed by atoms with Crippen molar-refractivity contribution in [2.75, 3.05) is 7.11 Å². The van der Waals surface area contributed by atoms with Crippen LogP contribution in [0.1, 0.15) is 34.1 Å². The van der Waals surface area contributed by atoms with Gasteiger partial charge in [0.25, 0.3) is 8.32 Å². The Balaban J connectivity index is 2.55. The van der Waals surface area contributed by atoms with E-state index in [9.17, 15) is 0 Å². The van der Waals surface area contributed by atoms with Crippen molar-refractivity contribution in [1.82, 2.24) is 0 Å². The molecule has 2 aromatic rings. The molecule has 2 atom stereocenters. The maximum Gasteiger partial charge on any atom is 0.261 e. The average Bonchev–Trinajstić information content (AvgIpc) is 2.64. The molecule has 140 valence electrons. The van der Waals surface area contributed by atoms with E-state index in [-0.39, 0.29) is 17.2 Å². The second kappa shape index (κ2) is 8.80. The fraction of sp³-hybridized carbons (Fsp3) is 0.391. The molecule has 26 heavy (non-hydrogen) atoms. The fourth-order valence-electron chi connectivity index (χ4n) is 3.66. The van der Waals surface area contributed by atoms with Crippen LogP contribution in [-0.2, 0) is 9.16 Å². The van der Waals surface area contributed by atoms with E-state index in [1.807, 2.05) is 6.08 Å². The molecule has 0 heterocycles. The lowest BCUT2D eigenvalue weighted by molar-refractivity contribution is 0.0861. The molecule has 0 bridgehead atoms. The maximum atomic E-state index is 7.02. The van der Waals surface area contributed by atoms with Gasteiger partial charge in [-0.3, -0.25) is 0 Å². The van der Waals surface area contributed by atoms with Crippen molar-refractivity contribution in [2.24, 2.45) is 0 Å². The summed E-state index contributed by atoms with van der Waals surface area (Å²) < 4.78 is 12.5. The van der Waals surface area contributed by atoms with Gasteiger partial charge in [-0.2, -0.15) is 0 Å². The monoisotopic (exact) mass is 368 g/mol. The molecule has 3 heteroatoms. The molecular formula is C23H32O2Si. The molecule has 0 aliphatic rings. The van der Waals surface area contributed by atoms with Crippen LogP contribution in [0.4, 0.5) is 0 Å². The van der Waals surface area contributed by atoms with E-state index in [0.717, 1.165) is 6.42 Å². The van der Waals surface area contributed by atoms with Crippen LogP contribution in [0.15, 0.2) is 73.3 Å². The molecule has 0 spiro atoms. The van der Waals surface area contributed by atoms with Crippen molar-refractivity contribution in [2.45, 2.75) is 51.4 Å². The maximum absolute atomic E-state index is 7.02. The van der Waals surface area contributed by atoms with Gasteiger partial charge in [-0.05, 0) is 22.3 Å². The number of rotatable bonds is 8. The SMILES string of the molecule is C=C[C@H](C[C@@H](C)O[Si](c1ccccc1)(c1ccccc1)C(C)(C)C)OC. The Bertz CT molecular complexity index is 637. The van der Waals surface area contributed by atoms with Gasteiger partial charge in [-0.15, -0.1) is 6.58 Å². The summed E-state index contributed by atoms with van der Waals surface area (Å²) in [6, 6.07) is 21.5. The van der Waals surface area contributed by atoms with Gasteiger partial charge in [-0.25, -0.2) is 0 Å². The molecule has 0 saturated heterocycles. The zero-order valence-electron chi connectivity index (χ0n) is 16.7. The van der Waals surface area contributed by atoms with Gasteiger partial charge in [0, 0.05) is 19.6 Å². The van der Waals surface area contributed by atoms with Crippen molar-refractivity contribution >= 4 is 18.7 Å². The Kier molecular flexibility index (Phi) is 6.99. The van der Waals surface area contributed by atoms with E-state index in [1.165, 1.54) is 10.4 Å². The summed E-state index contributed by atoms with van der Waals surface area (Å²) >= 11 is 0. The molecular weight excluding hydrogens is 336 g/mol. The summed E-state index contributed by atoms with van der Waals surface area (Å²) in [6.07, 6.45) is 2.71. The fourth-order valence-corrected chi connectivity index (χ4v) is 8.37. The minimum Gasteiger partial charge on any atom is -0.405 e. The number of hydrogen-bond acceptors (Lipinski definition) is 2. The minimum absolute atomic E-state index is 0.00298. The zero-order valence-corrected chi connectivity index (χ0v) is 17.7. The standard InChI is InChI=1S/C23H32O2Si/c1-7-20(24-6)18-19(2)25-26(23(3,4)5,21-14-10-8-11-15-21)22-16-12-9-13-17-22/h7-17,19-20H,1,18H2,2-6H3/t19-,20-/m1/s1. The van der Waals surface area contributed by atoms with Crippen LogP contribution in [0.3, 0.4) is 0 Å². The van der Waals surface area contributed by atoms with Crippen LogP contribution in [0, 0.1) is 0 Å². The van der Waals surface area contributed by atoms with E-state index in [0.29, 0.717) is 0 Å². The van der Waals surface area contributed by atoms with E-state index in [4.69, 9.17) is 9.16 Å². The highest BCUT2D eigenvalue weighted by atomic mass is 28.4. The number of ether oxygens (including phenoxy) is 1. The van der Waals surface area contributed by atoms with Crippen LogP contribution in [0.25, 0.3) is 0 Å². The van der Waals surface area contributed by atoms with Gasteiger partial charge in [0.15, 0.2) is 0 Å². The Labute approximate surface area is 160 Å². The Morgan fingerprint density at radius 1 is 0.962 bits per heavy atom. The second-order valence-electron chi connectivity index (χ2n) is 7.84. The lowest BCUT2D eigenvalue weighted by atomic mass is 10.2. The molecule has 0 amide bonds. The lowest BCUT2D eigenvalue weighted by Crippen LogP contribution is -2.67. The van der Waals surface area contributed by atoms with Crippen LogP contribution < -0.4 is 10.4 Å². The first-order valence-electron chi connectivity index (χ1n) is 9.29. The van der Waals surface area contributed by atoms with Crippen LogP contribution in [0.2, 0.25) is 5.04 Å². The third-order valence-corrected chi connectivity index (χ3v) is 10.1. The number of hydrogen-bond donors (Lipinski definition) is 0. The van der Waals surface area contributed by atoms with Gasteiger partial charge in [0.05, 0.1) is 6.10 Å². The van der Waals surface area contributed by atoms with Crippen molar-refractivity contribution in [1.29, 1.82) is 0 Å². The average molecular weight is 369 g/mol. The largest absolute Gasteiger partial charge is 0.405 e. The molecule has 0 radical (unpaired) electrons. The highest BCUT2D eigenvalue weighted by molar-refractivity contribution is 6.99. The first-order valence-corrected chi connectivity index (χ1v) is 11.2. The normalized spacial score (nSPS) is 14.7. The number of benzene rings is 2. The Morgan fingerprint density at radius 3 is 1.77 bits per heavy atom. The zero-order chi connectivity index (χ0) is 19.2. The molecule has 2 rings (SSSR count). The van der Waals surface area contributed by atoms with Crippen molar-refractivity contribution in [3.05, 3.63) is 73.3 Å². The number of methoxy groups -OCH3 is 1. The summed E-state index contributed by atoms with van der Waals surface area (Å²) in [5, 5.41) is 2.59. The topological polar surface area (TPSA) is 18.5 Å². The summed E-state index contributed by atoms with van der Waals surface area (Å²) in [7, 11) is -0.770. The lowest BCUT2D eigenvalue weighted by Gasteiger charge is -2.45. The first-order chi connectivity index (χ1) is 12.3. The van der Waals surface area contributed by atoms with Crippen LogP contribution in [0.5, 0.6) is 0 Å². The summed E-state index contributed by atoms with van der Waals surface area (Å²) in [6.45, 7) is 12.9. The van der Waals surface area contributed by atoms with Crippen LogP contribution >= 0.6 is 0 Å². The van der Waals surface area contributed by atoms with Crippen molar-refractivity contribution < 1.29 is 9.16 Å². The van der Waals surface area contributed by atoms with Crippen molar-refractivity contribution in [3.63, 3.8) is 0 Å². The molecule has 2 nitrogen and oxygen atoms in total. The van der Waals surface area contributed by atoms with E-state index >= 15 is 0 Å². The van der Waals surface area contributed by atoms with Gasteiger partial charge >= 0.3 is 0 Å². The van der Waals surface area contributed by atoms with Crippen molar-refractivity contribution in [3.8, 4) is 0 Å². The van der Waals surface area contributed by atoms with E-state index in [1.54, 1.807) is 7.11 Å². The summed E-state index contributed by atoms with van der Waals surface area (Å²) in [5.41, 5.74) is 0. The molecule has 0 fully saturated rings. The molecule has 0 aliphatic heterocycles. The molecule has 0 aromatic heterocycles. The Morgan fingerprint density at radius 2 is 1.42 bits per heavy atom. The first kappa shape index (κ1) is 20.6. The van der Waals surface area contributed by atoms with E-state index in [2.05, 4.69) is 94.9 Å². The molecule has 2 aromatic carbocycles. The Hall–Kier alpha value is -1.68. The van der Waals surface area contributed by atoms with Gasteiger partial charge in [-0.1, -0.05) is 87.5 Å². The molecule has 0 aliphatic carbocycles. The van der Waals surface area contributed by atoms with Crippen LogP contribution in [-0.4, -0.2) is 27.6 Å². The predicted molar refractivity (Wildman–Crippen MR) is 114 cm³/mol. The van der Waals surface area contributed by atoms with Gasteiger partial charge in [0.1, 0.15) is 0 Å². The quantitative estimate of drug-likeness (QED) is 0.503. The minimum atomic E-state index is -2.49. The highest BCUT2D eigenvalue weighted by Gasteiger charge is 2.51.